The Bertz CT molecular complexity index is 987. The molecule has 2 atom stereocenters. The first-order chi connectivity index (χ1) is 14.0. The monoisotopic (exact) mass is 391 g/mol. The molecule has 4 rings (SSSR count). The molecule has 7 heteroatoms. The maximum Gasteiger partial charge on any atom is 0.294 e. The molecular weight excluding hydrogens is 370 g/mol. The summed E-state index contributed by atoms with van der Waals surface area (Å²) in [4.78, 5) is 37.7. The van der Waals surface area contributed by atoms with Gasteiger partial charge in [-0.3, -0.25) is 19.7 Å². The van der Waals surface area contributed by atoms with E-state index in [9.17, 15) is 19.7 Å². The van der Waals surface area contributed by atoms with Crippen LogP contribution in [0.5, 0.6) is 0 Å². The van der Waals surface area contributed by atoms with Crippen LogP contribution in [0.15, 0.2) is 54.6 Å². The van der Waals surface area contributed by atoms with Gasteiger partial charge in [-0.15, -0.1) is 0 Å². The number of amides is 2. The molecule has 0 saturated carbocycles. The van der Waals surface area contributed by atoms with Crippen LogP contribution in [0.3, 0.4) is 0 Å². The van der Waals surface area contributed by atoms with E-state index in [1.165, 1.54) is 6.07 Å². The quantitative estimate of drug-likeness (QED) is 0.360. The second-order valence-corrected chi connectivity index (χ2v) is 7.47. The third-order valence-electron chi connectivity index (χ3n) is 5.55. The minimum absolute atomic E-state index is 0.164. The topological polar surface area (TPSA) is 92.6 Å². The van der Waals surface area contributed by atoms with E-state index in [-0.39, 0.29) is 35.0 Å². The molecule has 1 fully saturated rings. The van der Waals surface area contributed by atoms with Gasteiger partial charge in [-0.05, 0) is 37.5 Å². The summed E-state index contributed by atoms with van der Waals surface area (Å²) in [6, 6.07) is 12.3. The van der Waals surface area contributed by atoms with Gasteiger partial charge >= 0.3 is 0 Å². The van der Waals surface area contributed by atoms with E-state index in [0.717, 1.165) is 16.0 Å². The van der Waals surface area contributed by atoms with Crippen molar-refractivity contribution < 1.29 is 14.5 Å². The van der Waals surface area contributed by atoms with Crippen LogP contribution in [0.1, 0.15) is 24.0 Å². The van der Waals surface area contributed by atoms with Crippen LogP contribution in [0.25, 0.3) is 0 Å². The second kappa shape index (κ2) is 7.50. The molecule has 1 N–H and O–H groups in total. The number of nitro groups is 1. The number of benzene rings is 2. The zero-order chi connectivity index (χ0) is 20.5. The molecule has 1 aliphatic heterocycles. The predicted octanol–water partition coefficient (Wildman–Crippen LogP) is 3.97. The number of allylic oxidation sites excluding steroid dienone is 2. The number of carbonyl (C=O) groups is 2. The summed E-state index contributed by atoms with van der Waals surface area (Å²) in [6.07, 6.45) is 4.89. The smallest absolute Gasteiger partial charge is 0.294 e. The summed E-state index contributed by atoms with van der Waals surface area (Å²) in [6.45, 7) is 2.42. The fourth-order valence-electron chi connectivity index (χ4n) is 3.92. The van der Waals surface area contributed by atoms with Crippen molar-refractivity contribution in [3.63, 3.8) is 0 Å². The number of nitrogens with zero attached hydrogens (tertiary/aromatic N) is 2. The lowest BCUT2D eigenvalue weighted by Gasteiger charge is -2.16. The molecule has 1 saturated heterocycles. The van der Waals surface area contributed by atoms with E-state index in [1.807, 2.05) is 43.3 Å². The first-order valence-corrected chi connectivity index (χ1v) is 9.56. The van der Waals surface area contributed by atoms with Crippen molar-refractivity contribution >= 4 is 28.9 Å². The van der Waals surface area contributed by atoms with Gasteiger partial charge in [-0.1, -0.05) is 42.0 Å². The highest BCUT2D eigenvalue weighted by Crippen LogP contribution is 2.39. The number of nitrogens with one attached hydrogen (secondary N) is 1. The molecule has 0 unspecified atom stereocenters. The van der Waals surface area contributed by atoms with Crippen molar-refractivity contribution in [3.8, 4) is 0 Å². The van der Waals surface area contributed by atoms with Crippen LogP contribution in [0, 0.1) is 28.9 Å². The minimum Gasteiger partial charge on any atom is -0.375 e. The fraction of sp³-hybridized carbons (Fsp3) is 0.273. The molecule has 2 aliphatic rings. The molecule has 2 aromatic rings. The van der Waals surface area contributed by atoms with Gasteiger partial charge in [0.2, 0.25) is 11.8 Å². The zero-order valence-electron chi connectivity index (χ0n) is 16.0. The van der Waals surface area contributed by atoms with Crippen LogP contribution in [0.2, 0.25) is 0 Å². The normalized spacial score (nSPS) is 20.7. The predicted molar refractivity (Wildman–Crippen MR) is 109 cm³/mol. The van der Waals surface area contributed by atoms with Gasteiger partial charge in [0, 0.05) is 12.6 Å². The Morgan fingerprint density at radius 3 is 2.24 bits per heavy atom. The van der Waals surface area contributed by atoms with E-state index < -0.39 is 4.92 Å². The molecule has 2 aromatic carbocycles. The second-order valence-electron chi connectivity index (χ2n) is 7.47. The Balaban J connectivity index is 1.59. The molecule has 1 heterocycles. The number of anilines is 2. The molecule has 29 heavy (non-hydrogen) atoms. The Morgan fingerprint density at radius 2 is 1.66 bits per heavy atom. The van der Waals surface area contributed by atoms with Crippen LogP contribution in [-0.2, 0) is 16.1 Å². The first-order valence-electron chi connectivity index (χ1n) is 9.56. The standard InChI is InChI=1S/C22H21N3O4/c1-14-6-8-15(9-7-14)13-23-19-11-10-16(12-20(19)25(28)29)24-21(26)17-4-2-3-5-18(17)22(24)27/h2-3,6-12,17-18,23H,4-5,13H2,1H3/t17-,18-/m0/s1. The third-order valence-corrected chi connectivity index (χ3v) is 5.55. The summed E-state index contributed by atoms with van der Waals surface area (Å²) >= 11 is 0. The molecule has 0 bridgehead atoms. The van der Waals surface area contributed by atoms with Crippen molar-refractivity contribution in [2.75, 3.05) is 10.2 Å². The summed E-state index contributed by atoms with van der Waals surface area (Å²) < 4.78 is 0. The van der Waals surface area contributed by atoms with Gasteiger partial charge in [0.05, 0.1) is 22.4 Å². The van der Waals surface area contributed by atoms with Crippen LogP contribution < -0.4 is 10.2 Å². The summed E-state index contributed by atoms with van der Waals surface area (Å²) in [5.74, 6) is -1.30. The van der Waals surface area contributed by atoms with Crippen molar-refractivity contribution in [1.29, 1.82) is 0 Å². The highest BCUT2D eigenvalue weighted by molar-refractivity contribution is 6.22. The Kier molecular flexibility index (Phi) is 4.88. The summed E-state index contributed by atoms with van der Waals surface area (Å²) in [7, 11) is 0. The third kappa shape index (κ3) is 3.51. The van der Waals surface area contributed by atoms with Crippen LogP contribution >= 0.6 is 0 Å². The number of carbonyl (C=O) groups excluding carboxylic acids is 2. The van der Waals surface area contributed by atoms with Crippen molar-refractivity contribution in [3.05, 3.63) is 75.9 Å². The van der Waals surface area contributed by atoms with E-state index in [1.54, 1.807) is 12.1 Å². The van der Waals surface area contributed by atoms with Gasteiger partial charge in [-0.2, -0.15) is 0 Å². The lowest BCUT2D eigenvalue weighted by atomic mass is 9.85. The van der Waals surface area contributed by atoms with Gasteiger partial charge < -0.3 is 5.32 Å². The van der Waals surface area contributed by atoms with Gasteiger partial charge in [0.15, 0.2) is 0 Å². The SMILES string of the molecule is Cc1ccc(CNc2ccc(N3C(=O)[C@H]4CC=CC[C@@H]4C3=O)cc2[N+](=O)[O-])cc1. The van der Waals surface area contributed by atoms with Crippen molar-refractivity contribution in [1.82, 2.24) is 0 Å². The molecule has 148 valence electrons. The average Bonchev–Trinajstić information content (AvgIpc) is 2.98. The average molecular weight is 391 g/mol. The number of hydrogen-bond acceptors (Lipinski definition) is 5. The van der Waals surface area contributed by atoms with Crippen molar-refractivity contribution in [2.24, 2.45) is 11.8 Å². The fourth-order valence-corrected chi connectivity index (χ4v) is 3.92. The number of aryl methyl sites for hydroxylation is 1. The first kappa shape index (κ1) is 18.9. The van der Waals surface area contributed by atoms with E-state index in [2.05, 4.69) is 5.32 Å². The summed E-state index contributed by atoms with van der Waals surface area (Å²) in [5, 5.41) is 14.7. The van der Waals surface area contributed by atoms with Crippen molar-refractivity contribution in [2.45, 2.75) is 26.3 Å². The molecule has 2 amide bonds. The van der Waals surface area contributed by atoms with E-state index >= 15 is 0 Å². The van der Waals surface area contributed by atoms with Crippen LogP contribution in [-0.4, -0.2) is 16.7 Å². The Morgan fingerprint density at radius 1 is 1.03 bits per heavy atom. The Labute approximate surface area is 168 Å². The maximum atomic E-state index is 12.7. The zero-order valence-corrected chi connectivity index (χ0v) is 16.0. The highest BCUT2D eigenvalue weighted by Gasteiger charge is 2.48. The van der Waals surface area contributed by atoms with Gasteiger partial charge in [0.1, 0.15) is 5.69 Å². The number of imide groups is 1. The maximum absolute atomic E-state index is 12.7. The Hall–Kier alpha value is -3.48. The molecule has 7 nitrogen and oxygen atoms in total. The minimum atomic E-state index is -0.499. The lowest BCUT2D eigenvalue weighted by molar-refractivity contribution is -0.383. The largest absolute Gasteiger partial charge is 0.375 e. The number of fused-ring (bicyclic) bond motifs is 1. The van der Waals surface area contributed by atoms with Crippen LogP contribution in [0.4, 0.5) is 17.1 Å². The molecule has 0 radical (unpaired) electrons. The number of nitro benzene ring substituents is 1. The van der Waals surface area contributed by atoms with E-state index in [0.29, 0.717) is 25.1 Å². The van der Waals surface area contributed by atoms with Gasteiger partial charge in [-0.25, -0.2) is 4.90 Å². The highest BCUT2D eigenvalue weighted by atomic mass is 16.6. The number of rotatable bonds is 5. The molecule has 0 spiro atoms. The lowest BCUT2D eigenvalue weighted by Crippen LogP contribution is -2.30. The van der Waals surface area contributed by atoms with Gasteiger partial charge in [0.25, 0.3) is 5.69 Å². The molecule has 1 aliphatic carbocycles. The molecule has 0 aromatic heterocycles. The summed E-state index contributed by atoms with van der Waals surface area (Å²) in [5.41, 5.74) is 2.57. The van der Waals surface area contributed by atoms with E-state index in [4.69, 9.17) is 0 Å². The molecular formula is C22H21N3O4. The number of hydrogen-bond donors (Lipinski definition) is 1.